The number of benzene rings is 7. The van der Waals surface area contributed by atoms with Crippen LogP contribution < -0.4 is 46.5 Å². The van der Waals surface area contributed by atoms with E-state index in [4.69, 9.17) is 28.0 Å². The van der Waals surface area contributed by atoms with E-state index in [1.165, 1.54) is 32.7 Å². The van der Waals surface area contributed by atoms with Crippen molar-refractivity contribution in [2.24, 2.45) is 0 Å². The van der Waals surface area contributed by atoms with Crippen LogP contribution in [0.5, 0.6) is 11.5 Å². The van der Waals surface area contributed by atoms with E-state index in [1.807, 2.05) is 167 Å². The molecule has 0 saturated carbocycles. The number of ether oxygens (including phenoxy) is 4. The van der Waals surface area contributed by atoms with Gasteiger partial charge in [-0.2, -0.15) is 5.26 Å². The first-order chi connectivity index (χ1) is 57.6. The number of anilines is 2. The van der Waals surface area contributed by atoms with Crippen molar-refractivity contribution in [1.29, 1.82) is 5.26 Å². The standard InChI is InChI=1S/C92H101N12O11PS2/c1-64(2)104(65(3)4)116(113-58-22-47-93)115-80-61-87(114-81(80)63-112-92(69-23-8-7-9-24-69,70-36-40-72(110-5)41-37-70)71-38-42-73(111-6)43-39-71)103-62-68(90(108)99-91(103)109)35-44-86(107)98-52-57-100(55-50-96-84(105)33-18-20-53-101-78-29-14-16-31-82(78)117-88(101)59-66-45-48-94-76-27-12-10-25-74(66)76)56-51-97-85(106)34-19-21-54-102-79-30-15-17-32-83(79)118-89(102)60-67-46-49-95-77-28-13-11-26-75(67)77/h7-17,23-32,35-46,48-49,59-60,62,64-65,80-81,87H,18-22,33-34,50-58,61,63H2,1-6H3,(H,96,105)(H,97,106)(H,98,107)(H,99,108,109)/b44-35+,88-59-,89-60-/t80-,81+,87+,116?/m0/s1. The van der Waals surface area contributed by atoms with Gasteiger partial charge < -0.3 is 53.7 Å². The van der Waals surface area contributed by atoms with Gasteiger partial charge in [0, 0.05) is 129 Å². The number of aromatic nitrogens is 4. The molecular formula is C92H101N12O11PS2. The minimum absolute atomic E-state index is 0.00671. The van der Waals surface area contributed by atoms with Gasteiger partial charge >= 0.3 is 5.69 Å². The fourth-order valence-corrected chi connectivity index (χ4v) is 19.1. The Balaban J connectivity index is 0.672. The number of amides is 3. The highest BCUT2D eigenvalue weighted by Gasteiger charge is 2.46. The summed E-state index contributed by atoms with van der Waals surface area (Å²) in [5.74, 6) is 0.656. The minimum Gasteiger partial charge on any atom is -0.497 e. The first-order valence-corrected chi connectivity index (χ1v) is 43.0. The molecule has 13 rings (SSSR count). The van der Waals surface area contributed by atoms with E-state index in [0.29, 0.717) is 69.9 Å². The molecule has 3 amide bonds. The van der Waals surface area contributed by atoms with Crippen LogP contribution in [0.15, 0.2) is 242 Å². The molecule has 118 heavy (non-hydrogen) atoms. The summed E-state index contributed by atoms with van der Waals surface area (Å²) in [6.45, 7) is 11.7. The number of para-hydroxylation sites is 4. The summed E-state index contributed by atoms with van der Waals surface area (Å²) in [4.78, 5) is 89.8. The minimum atomic E-state index is -1.84. The monoisotopic (exact) mass is 1640 g/mol. The summed E-state index contributed by atoms with van der Waals surface area (Å²) < 4.78 is 42.5. The third kappa shape index (κ3) is 21.4. The van der Waals surface area contributed by atoms with Crippen molar-refractivity contribution < 1.29 is 42.4 Å². The number of hydrogen-bond donors (Lipinski definition) is 4. The van der Waals surface area contributed by atoms with Gasteiger partial charge in [0.25, 0.3) is 14.1 Å². The van der Waals surface area contributed by atoms with Crippen LogP contribution in [0, 0.1) is 11.3 Å². The summed E-state index contributed by atoms with van der Waals surface area (Å²) in [6, 6.07) is 64.4. The van der Waals surface area contributed by atoms with Crippen molar-refractivity contribution in [1.82, 2.24) is 45.0 Å². The number of nitriles is 1. The highest BCUT2D eigenvalue weighted by molar-refractivity contribution is 8.04. The van der Waals surface area contributed by atoms with Crippen molar-refractivity contribution in [2.45, 2.75) is 125 Å². The Kier molecular flexibility index (Phi) is 30.0. The summed E-state index contributed by atoms with van der Waals surface area (Å²) in [7, 11) is 1.38. The fourth-order valence-electron chi connectivity index (χ4n) is 15.1. The molecule has 3 aliphatic heterocycles. The van der Waals surface area contributed by atoms with Crippen molar-refractivity contribution in [3.05, 3.63) is 277 Å². The predicted molar refractivity (Wildman–Crippen MR) is 469 cm³/mol. The summed E-state index contributed by atoms with van der Waals surface area (Å²) in [5, 5.41) is 23.3. The fraction of sp³-hybridized carbons (Fsp3) is 0.326. The molecule has 1 fully saturated rings. The molecule has 3 aromatic heterocycles. The number of nitrogens with one attached hydrogen (secondary N) is 4. The molecule has 4 atom stereocenters. The van der Waals surface area contributed by atoms with E-state index < -0.39 is 49.7 Å². The maximum atomic E-state index is 14.2. The highest BCUT2D eigenvalue weighted by atomic mass is 32.2. The van der Waals surface area contributed by atoms with Crippen LogP contribution in [0.25, 0.3) is 40.0 Å². The number of unbranched alkanes of at least 4 members (excludes halogenated alkanes) is 2. The van der Waals surface area contributed by atoms with Crippen LogP contribution in [0.3, 0.4) is 0 Å². The second kappa shape index (κ2) is 41.6. The van der Waals surface area contributed by atoms with E-state index in [9.17, 15) is 29.2 Å². The van der Waals surface area contributed by atoms with Gasteiger partial charge in [-0.25, -0.2) is 9.46 Å². The van der Waals surface area contributed by atoms with Gasteiger partial charge in [0.05, 0.1) is 84.1 Å². The zero-order valence-electron chi connectivity index (χ0n) is 67.4. The SMILES string of the molecule is COc1ccc(C(OC[C@H]2O[C@@H](n3cc(/C=C/C(=O)NCCN(CCNC(=O)CCCCN4/C(=C/c5ccnc6ccccc56)Sc5ccccc54)CCNC(=O)CCCCN4/C(=C/c5ccnc6ccccc56)Sc5ccccc54)c(=O)[nH]c3=O)C[C@@H]2OP(OCCC#N)N(C(C)C)C(C)C)(c2ccccc2)c2ccc(OC)cc2)cc1. The molecule has 612 valence electrons. The number of nitrogens with zero attached hydrogens (tertiary/aromatic N) is 8. The lowest BCUT2D eigenvalue weighted by atomic mass is 9.80. The normalized spacial score (nSPS) is 16.2. The molecule has 0 aliphatic carbocycles. The number of rotatable bonds is 40. The van der Waals surface area contributed by atoms with Crippen LogP contribution in [0.2, 0.25) is 0 Å². The molecule has 1 saturated heterocycles. The quantitative estimate of drug-likeness (QED) is 0.0120. The molecule has 4 N–H and O–H groups in total. The second-order valence-electron chi connectivity index (χ2n) is 29.4. The van der Waals surface area contributed by atoms with Crippen LogP contribution in [-0.2, 0) is 38.5 Å². The molecular weight excluding hydrogens is 1540 g/mol. The first kappa shape index (κ1) is 85.1. The topological polar surface area (TPSA) is 260 Å². The summed E-state index contributed by atoms with van der Waals surface area (Å²) in [6.07, 6.45) is 13.2. The van der Waals surface area contributed by atoms with Gasteiger partial charge in [-0.05, 0) is 172 Å². The van der Waals surface area contributed by atoms with E-state index >= 15 is 0 Å². The van der Waals surface area contributed by atoms with Gasteiger partial charge in [-0.1, -0.05) is 139 Å². The Labute approximate surface area is 698 Å². The van der Waals surface area contributed by atoms with E-state index in [-0.39, 0.29) is 62.1 Å². The molecule has 10 aromatic rings. The van der Waals surface area contributed by atoms with Crippen molar-refractivity contribution in [3.8, 4) is 17.6 Å². The number of fused-ring (bicyclic) bond motifs is 4. The Morgan fingerprint density at radius 2 is 1.14 bits per heavy atom. The van der Waals surface area contributed by atoms with Crippen LogP contribution in [0.1, 0.15) is 119 Å². The summed E-state index contributed by atoms with van der Waals surface area (Å²) in [5.41, 5.74) is 5.99. The summed E-state index contributed by atoms with van der Waals surface area (Å²) >= 11 is 3.48. The van der Waals surface area contributed by atoms with Crippen molar-refractivity contribution >= 4 is 101 Å². The van der Waals surface area contributed by atoms with E-state index in [2.05, 4.69) is 129 Å². The molecule has 26 heteroatoms. The third-order valence-corrected chi connectivity index (χ3v) is 25.3. The molecule has 6 heterocycles. The molecule has 7 aromatic carbocycles. The number of pyridine rings is 2. The van der Waals surface area contributed by atoms with Crippen LogP contribution >= 0.6 is 32.0 Å². The molecule has 3 aliphatic rings. The molecule has 0 spiro atoms. The lowest BCUT2D eigenvalue weighted by molar-refractivity contribution is -0.121. The van der Waals surface area contributed by atoms with Gasteiger partial charge in [0.1, 0.15) is 29.4 Å². The zero-order valence-corrected chi connectivity index (χ0v) is 69.9. The number of carbonyl (C=O) groups is 3. The smallest absolute Gasteiger partial charge is 0.330 e. The maximum Gasteiger partial charge on any atom is 0.330 e. The Hall–Kier alpha value is -10.8. The van der Waals surface area contributed by atoms with E-state index in [1.54, 1.807) is 37.7 Å². The van der Waals surface area contributed by atoms with Crippen molar-refractivity contribution in [2.75, 3.05) is 89.6 Å². The molecule has 0 bridgehead atoms. The van der Waals surface area contributed by atoms with Gasteiger partial charge in [0.15, 0.2) is 0 Å². The second-order valence-corrected chi connectivity index (χ2v) is 33.0. The Morgan fingerprint density at radius 1 is 0.636 bits per heavy atom. The highest BCUT2D eigenvalue weighted by Crippen LogP contribution is 2.52. The third-order valence-electron chi connectivity index (χ3n) is 20.9. The number of carbonyl (C=O) groups excluding carboxylic acids is 3. The molecule has 1 unspecified atom stereocenters. The average molecular weight is 1650 g/mol. The molecule has 23 nitrogen and oxygen atoms in total. The molecule has 0 radical (unpaired) electrons. The maximum absolute atomic E-state index is 14.2. The lowest BCUT2D eigenvalue weighted by Crippen LogP contribution is -2.42. The van der Waals surface area contributed by atoms with Gasteiger partial charge in [-0.3, -0.25) is 43.6 Å². The number of H-pyrrole nitrogens is 1. The largest absolute Gasteiger partial charge is 0.497 e. The van der Waals surface area contributed by atoms with Crippen LogP contribution in [0.4, 0.5) is 11.4 Å². The average Bonchev–Trinajstić information content (AvgIpc) is 0.757. The predicted octanol–water partition coefficient (Wildman–Crippen LogP) is 15.8. The first-order valence-electron chi connectivity index (χ1n) is 40.2. The Bertz CT molecular complexity index is 5120. The number of aromatic amines is 1. The number of methoxy groups -OCH3 is 2. The lowest BCUT2D eigenvalue weighted by Gasteiger charge is -2.39. The van der Waals surface area contributed by atoms with E-state index in [0.717, 1.165) is 97.0 Å². The zero-order chi connectivity index (χ0) is 82.3. The number of hydrogen-bond acceptors (Lipinski definition) is 20. The Morgan fingerprint density at radius 3 is 1.66 bits per heavy atom. The van der Waals surface area contributed by atoms with Gasteiger partial charge in [-0.15, -0.1) is 0 Å². The van der Waals surface area contributed by atoms with Crippen molar-refractivity contribution in [3.63, 3.8) is 0 Å². The van der Waals surface area contributed by atoms with Crippen LogP contribution in [-0.4, -0.2) is 151 Å². The van der Waals surface area contributed by atoms with Gasteiger partial charge in [0.2, 0.25) is 17.7 Å². The number of thioether (sulfide) groups is 2.